The molecule has 88 heavy (non-hydrogen) atoms. The molecule has 32 nitrogen and oxygen atoms in total. The van der Waals surface area contributed by atoms with E-state index < -0.39 is 19.7 Å². The zero-order chi connectivity index (χ0) is 67.8. The molecule has 0 saturated heterocycles. The van der Waals surface area contributed by atoms with E-state index in [0.717, 1.165) is 30.8 Å². The van der Waals surface area contributed by atoms with Gasteiger partial charge in [0.05, 0.1) is 31.1 Å². The monoisotopic (exact) mass is 1220 g/mol. The van der Waals surface area contributed by atoms with Crippen molar-refractivity contribution in [1.82, 2.24) is 51.3 Å². The molecule has 6 rings (SSSR count). The van der Waals surface area contributed by atoms with Gasteiger partial charge in [0.2, 0.25) is 23.6 Å². The van der Waals surface area contributed by atoms with Crippen LogP contribution in [0.3, 0.4) is 0 Å². The zero-order valence-electron chi connectivity index (χ0n) is 51.3. The SMILES string of the molecule is C#CC.C#CCC.CC(=O)NCc1ccccc1[N+](=O)[O-].CC(=O)NCc1ccccc1[N+](=O)[O-].CC(=O)NCc1ccccc1[N+](=O)[O-].CC(=O)NCc1ccccc1[N+](=O)[O-].CCN=[N+]=[N-].CCc1cn(C)nn1.CCn1cc(C)nn1.CN=[N+]=[N-]. The molecule has 472 valence electrons. The summed E-state index contributed by atoms with van der Waals surface area (Å²) in [6, 6.07) is 25.3. The van der Waals surface area contributed by atoms with Gasteiger partial charge in [0.1, 0.15) is 0 Å². The minimum atomic E-state index is -0.461. The quantitative estimate of drug-likeness (QED) is 0.0185. The third kappa shape index (κ3) is 45.0. The van der Waals surface area contributed by atoms with Crippen LogP contribution >= 0.6 is 0 Å². The summed E-state index contributed by atoms with van der Waals surface area (Å²) in [6.07, 6.45) is 15.0. The van der Waals surface area contributed by atoms with Crippen molar-refractivity contribution < 1.29 is 38.9 Å². The standard InChI is InChI=1S/4C9H10N2O3.2C5H9N3.C4H6.C3H4.C2H5N3.CH3N3/c4*1-7(12)10-6-8-4-2-3-5-9(8)11(13)14;1-3-5-4-8(2)7-6-5;1-3-8-4-5(2)6-7-8;1-3-4-2;1-3-2;1-2-4-5-3;1-3-4-2/h4*2-5H,6H2,1H3,(H,10,12);2*4H,3H2,1-2H3;1H,4H2,2H3;1H,2H3;2H2,1H3;1H3. The van der Waals surface area contributed by atoms with E-state index in [1.807, 2.05) is 40.2 Å². The van der Waals surface area contributed by atoms with Crippen molar-refractivity contribution in [2.45, 2.75) is 115 Å². The van der Waals surface area contributed by atoms with Gasteiger partial charge in [-0.15, -0.1) is 34.9 Å². The van der Waals surface area contributed by atoms with Crippen molar-refractivity contribution in [3.8, 4) is 24.7 Å². The number of hydrogen-bond acceptors (Lipinski definition) is 18. The van der Waals surface area contributed by atoms with Gasteiger partial charge in [0.25, 0.3) is 22.7 Å². The van der Waals surface area contributed by atoms with Crippen LogP contribution in [0.5, 0.6) is 0 Å². The van der Waals surface area contributed by atoms with Gasteiger partial charge in [-0.1, -0.05) is 114 Å². The highest BCUT2D eigenvalue weighted by Gasteiger charge is 2.14. The zero-order valence-corrected chi connectivity index (χ0v) is 51.3. The Morgan fingerprint density at radius 2 is 0.875 bits per heavy atom. The molecule has 4 N–H and O–H groups in total. The first kappa shape index (κ1) is 82.8. The summed E-state index contributed by atoms with van der Waals surface area (Å²) in [5.41, 5.74) is 19.0. The lowest BCUT2D eigenvalue weighted by atomic mass is 10.2. The van der Waals surface area contributed by atoms with Crippen molar-refractivity contribution in [3.05, 3.63) is 204 Å². The summed E-state index contributed by atoms with van der Waals surface area (Å²) < 4.78 is 3.51. The lowest BCUT2D eigenvalue weighted by Gasteiger charge is -2.02. The van der Waals surface area contributed by atoms with Crippen LogP contribution in [-0.4, -0.2) is 86.9 Å². The average Bonchev–Trinajstić information content (AvgIpc) is 4.34. The number of rotatable bonds is 15. The second kappa shape index (κ2) is 53.4. The molecule has 0 unspecified atom stereocenters. The number of amides is 4. The van der Waals surface area contributed by atoms with E-state index in [4.69, 9.17) is 17.5 Å². The Morgan fingerprint density at radius 1 is 0.580 bits per heavy atom. The van der Waals surface area contributed by atoms with Gasteiger partial charge >= 0.3 is 0 Å². The molecule has 4 amide bonds. The van der Waals surface area contributed by atoms with Crippen LogP contribution < -0.4 is 21.3 Å². The molecule has 2 heterocycles. The van der Waals surface area contributed by atoms with Crippen molar-refractivity contribution in [2.75, 3.05) is 13.6 Å². The number of carbonyl (C=O) groups is 4. The smallest absolute Gasteiger partial charge is 0.274 e. The molecule has 32 heteroatoms. The van der Waals surface area contributed by atoms with E-state index in [9.17, 15) is 59.6 Å². The fourth-order valence-corrected chi connectivity index (χ4v) is 5.40. The Kier molecular flexibility index (Phi) is 50.3. The summed E-state index contributed by atoms with van der Waals surface area (Å²) in [4.78, 5) is 87.7. The highest BCUT2D eigenvalue weighted by molar-refractivity contribution is 5.74. The molecule has 0 radical (unpaired) electrons. The molecule has 0 saturated carbocycles. The Bertz CT molecular complexity index is 2920. The highest BCUT2D eigenvalue weighted by Crippen LogP contribution is 2.19. The van der Waals surface area contributed by atoms with Gasteiger partial charge in [-0.2, -0.15) is 0 Å². The normalized spacial score (nSPS) is 8.66. The minimum absolute atomic E-state index is 0.0289. The Hall–Kier alpha value is -11.6. The number of hydrogen-bond donors (Lipinski definition) is 4. The largest absolute Gasteiger partial charge is 0.352 e. The maximum absolute atomic E-state index is 10.6. The number of nitrogens with zero attached hydrogens (tertiary/aromatic N) is 16. The molecule has 6 aromatic rings. The maximum atomic E-state index is 10.6. The fraction of sp³-hybridized carbons (Fsp3) is 0.357. The minimum Gasteiger partial charge on any atom is -0.352 e. The second-order valence-corrected chi connectivity index (χ2v) is 16.3. The van der Waals surface area contributed by atoms with Gasteiger partial charge in [0.15, 0.2) is 0 Å². The van der Waals surface area contributed by atoms with E-state index in [0.29, 0.717) is 28.8 Å². The fourth-order valence-electron chi connectivity index (χ4n) is 5.40. The van der Waals surface area contributed by atoms with Gasteiger partial charge in [0, 0.05) is 156 Å². The Morgan fingerprint density at radius 3 is 1.01 bits per heavy atom. The first-order valence-electron chi connectivity index (χ1n) is 26.1. The number of terminal acetylenes is 2. The van der Waals surface area contributed by atoms with Crippen molar-refractivity contribution in [1.29, 1.82) is 0 Å². The topological polar surface area (TPSA) is 448 Å². The van der Waals surface area contributed by atoms with E-state index in [-0.39, 0.29) is 72.6 Å². The van der Waals surface area contributed by atoms with Crippen LogP contribution in [0, 0.1) is 72.1 Å². The number of nitrogens with one attached hydrogen (secondary N) is 4. The predicted molar refractivity (Wildman–Crippen MR) is 332 cm³/mol. The summed E-state index contributed by atoms with van der Waals surface area (Å²) in [7, 11) is 3.26. The predicted octanol–water partition coefficient (Wildman–Crippen LogP) is 9.82. The molecule has 0 aliphatic carbocycles. The Balaban J connectivity index is -0.000000462. The van der Waals surface area contributed by atoms with Gasteiger partial charge < -0.3 is 21.3 Å². The van der Waals surface area contributed by atoms with E-state index >= 15 is 0 Å². The molecule has 4 aromatic carbocycles. The van der Waals surface area contributed by atoms with Crippen LogP contribution in [0.15, 0.2) is 120 Å². The molecule has 0 atom stereocenters. The molecule has 0 aliphatic heterocycles. The lowest BCUT2D eigenvalue weighted by Crippen LogP contribution is -2.19. The van der Waals surface area contributed by atoms with Crippen molar-refractivity contribution in [3.63, 3.8) is 0 Å². The second-order valence-electron chi connectivity index (χ2n) is 16.3. The number of aromatic nitrogens is 6. The summed E-state index contributed by atoms with van der Waals surface area (Å²) >= 11 is 0. The third-order valence-electron chi connectivity index (χ3n) is 9.35. The number of benzene rings is 4. The molecule has 2 aromatic heterocycles. The molecular formula is C56H76N20O12. The highest BCUT2D eigenvalue weighted by atomic mass is 16.6. The molecule has 0 aliphatic rings. The van der Waals surface area contributed by atoms with Crippen LogP contribution in [0.1, 0.15) is 102 Å². The number of azide groups is 2. The van der Waals surface area contributed by atoms with Crippen LogP contribution in [0.2, 0.25) is 0 Å². The average molecular weight is 1220 g/mol. The first-order chi connectivity index (χ1) is 41.7. The lowest BCUT2D eigenvalue weighted by molar-refractivity contribution is -0.385. The summed E-state index contributed by atoms with van der Waals surface area (Å²) in [5.74, 6) is 3.86. The van der Waals surface area contributed by atoms with Crippen molar-refractivity contribution in [2.24, 2.45) is 17.3 Å². The van der Waals surface area contributed by atoms with E-state index in [1.165, 1.54) is 59.0 Å². The van der Waals surface area contributed by atoms with E-state index in [1.54, 1.807) is 96.0 Å². The molecule has 0 bridgehead atoms. The summed E-state index contributed by atoms with van der Waals surface area (Å²) in [6.45, 7) is 19.1. The van der Waals surface area contributed by atoms with Gasteiger partial charge in [-0.25, -0.2) is 0 Å². The molecular weight excluding hydrogens is 1140 g/mol. The maximum Gasteiger partial charge on any atom is 0.274 e. The Labute approximate surface area is 509 Å². The molecule has 0 fully saturated rings. The van der Waals surface area contributed by atoms with Crippen LogP contribution in [0.25, 0.3) is 20.9 Å². The molecule has 0 spiro atoms. The van der Waals surface area contributed by atoms with Crippen LogP contribution in [-0.2, 0) is 65.4 Å². The number of nitro groups is 4. The number of para-hydroxylation sites is 4. The third-order valence-corrected chi connectivity index (χ3v) is 9.35. The number of aryl methyl sites for hydroxylation is 4. The van der Waals surface area contributed by atoms with Crippen LogP contribution in [0.4, 0.5) is 22.7 Å². The first-order valence-corrected chi connectivity index (χ1v) is 26.1. The van der Waals surface area contributed by atoms with Gasteiger partial charge in [-0.05, 0) is 38.3 Å². The summed E-state index contributed by atoms with van der Waals surface area (Å²) in [5, 5.41) is 73.6. The number of carbonyl (C=O) groups excluding carboxylic acids is 4. The van der Waals surface area contributed by atoms with Gasteiger partial charge in [-0.3, -0.25) is 69.0 Å². The van der Waals surface area contributed by atoms with Crippen molar-refractivity contribution >= 4 is 46.4 Å². The van der Waals surface area contributed by atoms with E-state index in [2.05, 4.69) is 87.1 Å². The number of nitro benzene ring substituents is 4.